The first kappa shape index (κ1) is 21.3. The van der Waals surface area contributed by atoms with Gasteiger partial charge in [-0.25, -0.2) is 0 Å². The third kappa shape index (κ3) is 4.89. The van der Waals surface area contributed by atoms with Gasteiger partial charge in [0.25, 0.3) is 11.8 Å². The van der Waals surface area contributed by atoms with Gasteiger partial charge in [-0.2, -0.15) is 0 Å². The van der Waals surface area contributed by atoms with Gasteiger partial charge in [0.15, 0.2) is 0 Å². The molecule has 0 spiro atoms. The fourth-order valence-corrected chi connectivity index (χ4v) is 4.26. The number of nitrogens with one attached hydrogen (secondary N) is 2. The van der Waals surface area contributed by atoms with Gasteiger partial charge in [-0.3, -0.25) is 9.59 Å². The van der Waals surface area contributed by atoms with E-state index in [1.807, 2.05) is 48.5 Å². The zero-order valence-corrected chi connectivity index (χ0v) is 18.0. The quantitative estimate of drug-likeness (QED) is 0.650. The van der Waals surface area contributed by atoms with Crippen LogP contribution in [0.1, 0.15) is 45.3 Å². The molecule has 0 aliphatic carbocycles. The maximum absolute atomic E-state index is 12.8. The van der Waals surface area contributed by atoms with Crippen molar-refractivity contribution in [3.8, 4) is 0 Å². The average molecular weight is 423 g/mol. The predicted molar refractivity (Wildman–Crippen MR) is 120 cm³/mol. The smallest absolute Gasteiger partial charge is 0.256 e. The Labute approximate surface area is 183 Å². The van der Waals surface area contributed by atoms with Crippen LogP contribution in [-0.4, -0.2) is 68.1 Å². The molecular formula is C24H30N4O3. The molecule has 0 bridgehead atoms. The highest BCUT2D eigenvalue weighted by Crippen LogP contribution is 2.34. The zero-order valence-electron chi connectivity index (χ0n) is 18.0. The largest absolute Gasteiger partial charge is 0.383 e. The fraction of sp³-hybridized carbons (Fsp3) is 0.417. The lowest BCUT2D eigenvalue weighted by molar-refractivity contribution is 0.0674. The SMILES string of the molecule is COCCN1C(=O)c2ccccc2C1Nc1ccc(C(=O)NCCN2CCCC2)cc1. The Balaban J connectivity index is 1.39. The molecule has 2 aromatic rings. The molecule has 1 fully saturated rings. The first-order valence-electron chi connectivity index (χ1n) is 10.9. The molecule has 0 saturated carbocycles. The fourth-order valence-electron chi connectivity index (χ4n) is 4.26. The van der Waals surface area contributed by atoms with Crippen LogP contribution in [-0.2, 0) is 4.74 Å². The summed E-state index contributed by atoms with van der Waals surface area (Å²) in [6.07, 6.45) is 2.24. The van der Waals surface area contributed by atoms with Crippen molar-refractivity contribution in [1.29, 1.82) is 0 Å². The van der Waals surface area contributed by atoms with E-state index in [4.69, 9.17) is 4.74 Å². The van der Waals surface area contributed by atoms with Crippen molar-refractivity contribution in [2.45, 2.75) is 19.0 Å². The molecule has 2 heterocycles. The number of hydrogen-bond donors (Lipinski definition) is 2. The summed E-state index contributed by atoms with van der Waals surface area (Å²) in [7, 11) is 1.63. The molecule has 0 aromatic heterocycles. The second-order valence-corrected chi connectivity index (χ2v) is 8.01. The summed E-state index contributed by atoms with van der Waals surface area (Å²) in [6.45, 7) is 4.79. The molecule has 31 heavy (non-hydrogen) atoms. The molecule has 7 nitrogen and oxygen atoms in total. The van der Waals surface area contributed by atoms with Gasteiger partial charge >= 0.3 is 0 Å². The molecule has 0 radical (unpaired) electrons. The lowest BCUT2D eigenvalue weighted by Gasteiger charge is -2.27. The first-order chi connectivity index (χ1) is 15.2. The van der Waals surface area contributed by atoms with Gasteiger partial charge in [-0.05, 0) is 56.3 Å². The summed E-state index contributed by atoms with van der Waals surface area (Å²) in [5.41, 5.74) is 3.15. The van der Waals surface area contributed by atoms with Crippen LogP contribution in [0.4, 0.5) is 5.69 Å². The summed E-state index contributed by atoms with van der Waals surface area (Å²) in [6, 6.07) is 15.0. The minimum absolute atomic E-state index is 0.000787. The van der Waals surface area contributed by atoms with Crippen LogP contribution in [0.3, 0.4) is 0 Å². The number of rotatable bonds is 9. The van der Waals surface area contributed by atoms with E-state index in [-0.39, 0.29) is 18.0 Å². The Bertz CT molecular complexity index is 909. The second kappa shape index (κ2) is 9.94. The van der Waals surface area contributed by atoms with Crippen molar-refractivity contribution in [1.82, 2.24) is 15.1 Å². The number of fused-ring (bicyclic) bond motifs is 1. The molecule has 1 saturated heterocycles. The third-order valence-corrected chi connectivity index (χ3v) is 5.96. The number of nitrogens with zero attached hydrogens (tertiary/aromatic N) is 2. The van der Waals surface area contributed by atoms with Gasteiger partial charge in [0.1, 0.15) is 6.17 Å². The lowest BCUT2D eigenvalue weighted by Crippen LogP contribution is -2.35. The van der Waals surface area contributed by atoms with Crippen molar-refractivity contribution in [3.63, 3.8) is 0 Å². The molecular weight excluding hydrogens is 392 g/mol. The molecule has 2 aromatic carbocycles. The maximum Gasteiger partial charge on any atom is 0.256 e. The number of methoxy groups -OCH3 is 1. The molecule has 1 unspecified atom stereocenters. The number of anilines is 1. The summed E-state index contributed by atoms with van der Waals surface area (Å²) in [5, 5.41) is 6.44. The van der Waals surface area contributed by atoms with Gasteiger partial charge in [-0.15, -0.1) is 0 Å². The van der Waals surface area contributed by atoms with Crippen molar-refractivity contribution in [3.05, 3.63) is 65.2 Å². The molecule has 2 aliphatic rings. The molecule has 7 heteroatoms. The van der Waals surface area contributed by atoms with Crippen LogP contribution >= 0.6 is 0 Å². The summed E-state index contributed by atoms with van der Waals surface area (Å²) >= 11 is 0. The van der Waals surface area contributed by atoms with E-state index in [0.29, 0.717) is 30.8 Å². The Morgan fingerprint density at radius 1 is 1.06 bits per heavy atom. The Kier molecular flexibility index (Phi) is 6.84. The molecule has 1 atom stereocenters. The molecule has 2 amide bonds. The van der Waals surface area contributed by atoms with Crippen LogP contribution < -0.4 is 10.6 Å². The number of hydrogen-bond acceptors (Lipinski definition) is 5. The van der Waals surface area contributed by atoms with Gasteiger partial charge < -0.3 is 25.2 Å². The Hall–Kier alpha value is -2.90. The first-order valence-corrected chi connectivity index (χ1v) is 10.9. The number of likely N-dealkylation sites (tertiary alicyclic amines) is 1. The highest BCUT2D eigenvalue weighted by molar-refractivity contribution is 5.99. The number of carbonyl (C=O) groups excluding carboxylic acids is 2. The second-order valence-electron chi connectivity index (χ2n) is 8.01. The highest BCUT2D eigenvalue weighted by Gasteiger charge is 2.36. The van der Waals surface area contributed by atoms with Crippen LogP contribution in [0.2, 0.25) is 0 Å². The summed E-state index contributed by atoms with van der Waals surface area (Å²) in [5.74, 6) is -0.0620. The van der Waals surface area contributed by atoms with Gasteiger partial charge in [-0.1, -0.05) is 18.2 Å². The Morgan fingerprint density at radius 3 is 2.55 bits per heavy atom. The molecule has 2 aliphatic heterocycles. The van der Waals surface area contributed by atoms with Crippen molar-refractivity contribution in [2.75, 3.05) is 51.8 Å². The standard InChI is InChI=1S/C24H30N4O3/c1-31-17-16-28-22(20-6-2-3-7-21(20)24(28)30)26-19-10-8-18(9-11-19)23(29)25-12-15-27-13-4-5-14-27/h2-3,6-11,22,26H,4-5,12-17H2,1H3,(H,25,29). The average Bonchev–Trinajstić information content (AvgIpc) is 3.40. The summed E-state index contributed by atoms with van der Waals surface area (Å²) in [4.78, 5) is 29.4. The van der Waals surface area contributed by atoms with Crippen molar-refractivity contribution < 1.29 is 14.3 Å². The number of benzene rings is 2. The van der Waals surface area contributed by atoms with E-state index in [9.17, 15) is 9.59 Å². The van der Waals surface area contributed by atoms with E-state index in [2.05, 4.69) is 15.5 Å². The van der Waals surface area contributed by atoms with Crippen LogP contribution in [0.25, 0.3) is 0 Å². The lowest BCUT2D eigenvalue weighted by atomic mass is 10.1. The van der Waals surface area contributed by atoms with Gasteiger partial charge in [0, 0.05) is 49.1 Å². The van der Waals surface area contributed by atoms with Crippen molar-refractivity contribution in [2.24, 2.45) is 0 Å². The van der Waals surface area contributed by atoms with E-state index >= 15 is 0 Å². The minimum atomic E-state index is -0.265. The van der Waals surface area contributed by atoms with Gasteiger partial charge in [0.05, 0.1) is 6.61 Å². The summed E-state index contributed by atoms with van der Waals surface area (Å²) < 4.78 is 5.19. The molecule has 4 rings (SSSR count). The maximum atomic E-state index is 12.8. The minimum Gasteiger partial charge on any atom is -0.383 e. The van der Waals surface area contributed by atoms with Crippen LogP contribution in [0.15, 0.2) is 48.5 Å². The molecule has 2 N–H and O–H groups in total. The predicted octanol–water partition coefficient (Wildman–Crippen LogP) is 2.73. The van der Waals surface area contributed by atoms with Crippen LogP contribution in [0, 0.1) is 0 Å². The number of carbonyl (C=O) groups is 2. The highest BCUT2D eigenvalue weighted by atomic mass is 16.5. The van der Waals surface area contributed by atoms with Crippen LogP contribution in [0.5, 0.6) is 0 Å². The number of amides is 2. The third-order valence-electron chi connectivity index (χ3n) is 5.96. The van der Waals surface area contributed by atoms with E-state index in [0.717, 1.165) is 30.9 Å². The van der Waals surface area contributed by atoms with Gasteiger partial charge in [0.2, 0.25) is 0 Å². The van der Waals surface area contributed by atoms with E-state index in [1.165, 1.54) is 12.8 Å². The normalized spacial score (nSPS) is 18.3. The monoisotopic (exact) mass is 422 g/mol. The van der Waals surface area contributed by atoms with Crippen molar-refractivity contribution >= 4 is 17.5 Å². The van der Waals surface area contributed by atoms with E-state index < -0.39 is 0 Å². The zero-order chi connectivity index (χ0) is 21.6. The Morgan fingerprint density at radius 2 is 1.81 bits per heavy atom. The topological polar surface area (TPSA) is 73.9 Å². The van der Waals surface area contributed by atoms with E-state index in [1.54, 1.807) is 12.0 Å². The number of ether oxygens (including phenoxy) is 1. The molecule has 164 valence electrons.